The Hall–Kier alpha value is -3.62. The maximum atomic E-state index is 12.4. The van der Waals surface area contributed by atoms with Gasteiger partial charge in [0.1, 0.15) is 30.3 Å². The molecule has 0 saturated carbocycles. The Morgan fingerprint density at radius 3 is 2.41 bits per heavy atom. The molecule has 0 spiro atoms. The zero-order valence-corrected chi connectivity index (χ0v) is 18.6. The summed E-state index contributed by atoms with van der Waals surface area (Å²) in [7, 11) is 0. The van der Waals surface area contributed by atoms with Crippen molar-refractivity contribution in [3.63, 3.8) is 0 Å². The van der Waals surface area contributed by atoms with Gasteiger partial charge in [0.05, 0.1) is 24.8 Å². The van der Waals surface area contributed by atoms with Crippen LogP contribution in [0.4, 0.5) is 5.82 Å². The molecule has 9 nitrogen and oxygen atoms in total. The van der Waals surface area contributed by atoms with Gasteiger partial charge in [-0.2, -0.15) is 5.10 Å². The molecule has 0 atom stereocenters. The number of carbonyl (C=O) groups is 1. The van der Waals surface area contributed by atoms with Gasteiger partial charge >= 0.3 is 0 Å². The van der Waals surface area contributed by atoms with E-state index in [0.717, 1.165) is 34.5 Å². The second kappa shape index (κ2) is 9.67. The summed E-state index contributed by atoms with van der Waals surface area (Å²) in [5.74, 6) is 3.05. The fourth-order valence-corrected chi connectivity index (χ4v) is 3.60. The molecule has 9 heteroatoms. The lowest BCUT2D eigenvalue weighted by Gasteiger charge is -2.39. The fraction of sp³-hybridized carbons (Fsp3) is 0.391. The van der Waals surface area contributed by atoms with Crippen molar-refractivity contribution < 1.29 is 14.3 Å². The number of benzene rings is 1. The Balaban J connectivity index is 1.21. The van der Waals surface area contributed by atoms with Crippen molar-refractivity contribution in [1.29, 1.82) is 0 Å². The first-order chi connectivity index (χ1) is 15.5. The molecular weight excluding hydrogens is 408 g/mol. The van der Waals surface area contributed by atoms with Crippen molar-refractivity contribution >= 4 is 11.7 Å². The Bertz CT molecular complexity index is 1060. The summed E-state index contributed by atoms with van der Waals surface area (Å²) in [5, 5.41) is 7.41. The summed E-state index contributed by atoms with van der Waals surface area (Å²) in [5.41, 5.74) is 1.95. The van der Waals surface area contributed by atoms with Gasteiger partial charge in [-0.3, -0.25) is 4.79 Å². The van der Waals surface area contributed by atoms with Crippen LogP contribution in [0, 0.1) is 19.8 Å². The standard InChI is InChI=1S/C23H28N6O3/c1-4-31-19-5-7-20(8-6-19)32-10-9-24-23(30)18-13-28(14-18)21-12-22(26-15-25-21)29-17(3)11-16(2)27-29/h5-8,11-12,15,18H,4,9-10,13-14H2,1-3H3,(H,24,30). The molecule has 1 N–H and O–H groups in total. The smallest absolute Gasteiger partial charge is 0.226 e. The van der Waals surface area contributed by atoms with E-state index in [-0.39, 0.29) is 11.8 Å². The monoisotopic (exact) mass is 436 g/mol. The molecule has 0 unspecified atom stereocenters. The number of rotatable bonds is 9. The third kappa shape index (κ3) is 4.99. The SMILES string of the molecule is CCOc1ccc(OCCNC(=O)C2CN(c3cc(-n4nc(C)cc4C)ncn3)C2)cc1. The van der Waals surface area contributed by atoms with Crippen LogP contribution < -0.4 is 19.7 Å². The molecule has 2 aromatic heterocycles. The first kappa shape index (κ1) is 21.6. The molecule has 0 bridgehead atoms. The van der Waals surface area contributed by atoms with Crippen LogP contribution in [0.1, 0.15) is 18.3 Å². The summed E-state index contributed by atoms with van der Waals surface area (Å²) in [6.07, 6.45) is 1.53. The number of hydrogen-bond acceptors (Lipinski definition) is 7. The molecule has 1 aromatic carbocycles. The minimum Gasteiger partial charge on any atom is -0.494 e. The van der Waals surface area contributed by atoms with Gasteiger partial charge in [-0.15, -0.1) is 0 Å². The molecule has 1 aliphatic rings. The van der Waals surface area contributed by atoms with E-state index in [2.05, 4.69) is 25.3 Å². The minimum atomic E-state index is -0.0624. The highest BCUT2D eigenvalue weighted by molar-refractivity contribution is 5.81. The van der Waals surface area contributed by atoms with Crippen molar-refractivity contribution in [2.75, 3.05) is 37.7 Å². The van der Waals surface area contributed by atoms with Crippen LogP contribution in [0.2, 0.25) is 0 Å². The van der Waals surface area contributed by atoms with Crippen LogP contribution in [0.25, 0.3) is 5.82 Å². The van der Waals surface area contributed by atoms with Gasteiger partial charge in [-0.25, -0.2) is 14.6 Å². The van der Waals surface area contributed by atoms with E-state index in [9.17, 15) is 4.79 Å². The van der Waals surface area contributed by atoms with E-state index in [0.29, 0.717) is 32.8 Å². The normalized spacial score (nSPS) is 13.5. The average molecular weight is 437 g/mol. The van der Waals surface area contributed by atoms with E-state index in [1.54, 1.807) is 4.68 Å². The maximum Gasteiger partial charge on any atom is 0.226 e. The van der Waals surface area contributed by atoms with Crippen molar-refractivity contribution in [3.05, 3.63) is 54.1 Å². The van der Waals surface area contributed by atoms with Gasteiger partial charge in [0.2, 0.25) is 5.91 Å². The van der Waals surface area contributed by atoms with E-state index in [1.165, 1.54) is 6.33 Å². The van der Waals surface area contributed by atoms with Gasteiger partial charge in [0.25, 0.3) is 0 Å². The van der Waals surface area contributed by atoms with Crippen molar-refractivity contribution in [3.8, 4) is 17.3 Å². The molecular formula is C23H28N6O3. The lowest BCUT2D eigenvalue weighted by Crippen LogP contribution is -2.54. The molecule has 3 heterocycles. The highest BCUT2D eigenvalue weighted by atomic mass is 16.5. The lowest BCUT2D eigenvalue weighted by atomic mass is 9.99. The number of nitrogens with one attached hydrogen (secondary N) is 1. The summed E-state index contributed by atoms with van der Waals surface area (Å²) in [6.45, 7) is 8.64. The predicted molar refractivity (Wildman–Crippen MR) is 120 cm³/mol. The maximum absolute atomic E-state index is 12.4. The number of aromatic nitrogens is 4. The average Bonchev–Trinajstić information content (AvgIpc) is 3.10. The highest BCUT2D eigenvalue weighted by Gasteiger charge is 2.33. The zero-order chi connectivity index (χ0) is 22.5. The van der Waals surface area contributed by atoms with Crippen molar-refractivity contribution in [2.45, 2.75) is 20.8 Å². The van der Waals surface area contributed by atoms with E-state index >= 15 is 0 Å². The van der Waals surface area contributed by atoms with Crippen LogP contribution >= 0.6 is 0 Å². The first-order valence-electron chi connectivity index (χ1n) is 10.8. The van der Waals surface area contributed by atoms with Crippen LogP contribution in [-0.4, -0.2) is 58.5 Å². The second-order valence-electron chi connectivity index (χ2n) is 7.72. The second-order valence-corrected chi connectivity index (χ2v) is 7.72. The van der Waals surface area contributed by atoms with Crippen LogP contribution in [-0.2, 0) is 4.79 Å². The number of anilines is 1. The number of carbonyl (C=O) groups excluding carboxylic acids is 1. The molecule has 4 rings (SSSR count). The van der Waals surface area contributed by atoms with Crippen LogP contribution in [0.5, 0.6) is 11.5 Å². The van der Waals surface area contributed by atoms with Crippen molar-refractivity contribution in [2.24, 2.45) is 5.92 Å². The fourth-order valence-electron chi connectivity index (χ4n) is 3.60. The third-order valence-corrected chi connectivity index (χ3v) is 5.25. The molecule has 1 saturated heterocycles. The molecule has 168 valence electrons. The number of nitrogens with zero attached hydrogens (tertiary/aromatic N) is 5. The van der Waals surface area contributed by atoms with Gasteiger partial charge in [0, 0.05) is 24.8 Å². The Morgan fingerprint density at radius 2 is 1.75 bits per heavy atom. The number of amides is 1. The van der Waals surface area contributed by atoms with Gasteiger partial charge in [-0.1, -0.05) is 0 Å². The van der Waals surface area contributed by atoms with Gasteiger partial charge < -0.3 is 19.7 Å². The predicted octanol–water partition coefficient (Wildman–Crippen LogP) is 2.31. The Labute approximate surface area is 187 Å². The third-order valence-electron chi connectivity index (χ3n) is 5.25. The molecule has 3 aromatic rings. The molecule has 0 radical (unpaired) electrons. The number of aryl methyl sites for hydroxylation is 2. The minimum absolute atomic E-state index is 0.0318. The van der Waals surface area contributed by atoms with Crippen molar-refractivity contribution in [1.82, 2.24) is 25.1 Å². The highest BCUT2D eigenvalue weighted by Crippen LogP contribution is 2.24. The summed E-state index contributed by atoms with van der Waals surface area (Å²) >= 11 is 0. The van der Waals surface area contributed by atoms with E-state index < -0.39 is 0 Å². The summed E-state index contributed by atoms with van der Waals surface area (Å²) in [4.78, 5) is 23.2. The topological polar surface area (TPSA) is 94.4 Å². The zero-order valence-electron chi connectivity index (χ0n) is 18.6. The molecule has 1 aliphatic heterocycles. The molecule has 32 heavy (non-hydrogen) atoms. The van der Waals surface area contributed by atoms with E-state index in [4.69, 9.17) is 9.47 Å². The van der Waals surface area contributed by atoms with Crippen LogP contribution in [0.3, 0.4) is 0 Å². The molecule has 1 fully saturated rings. The Morgan fingerprint density at radius 1 is 1.06 bits per heavy atom. The largest absolute Gasteiger partial charge is 0.494 e. The number of ether oxygens (including phenoxy) is 2. The molecule has 0 aliphatic carbocycles. The van der Waals surface area contributed by atoms with Gasteiger partial charge in [0.15, 0.2) is 5.82 Å². The van der Waals surface area contributed by atoms with Crippen LogP contribution in [0.15, 0.2) is 42.7 Å². The lowest BCUT2D eigenvalue weighted by molar-refractivity contribution is -0.125. The number of hydrogen-bond donors (Lipinski definition) is 1. The van der Waals surface area contributed by atoms with Gasteiger partial charge in [-0.05, 0) is 51.1 Å². The molecule has 1 amide bonds. The summed E-state index contributed by atoms with van der Waals surface area (Å²) in [6, 6.07) is 11.4. The quantitative estimate of drug-likeness (QED) is 0.515. The first-order valence-corrected chi connectivity index (χ1v) is 10.8. The van der Waals surface area contributed by atoms with E-state index in [1.807, 2.05) is 57.2 Å². The summed E-state index contributed by atoms with van der Waals surface area (Å²) < 4.78 is 12.9. The Kier molecular flexibility index (Phi) is 6.53.